The summed E-state index contributed by atoms with van der Waals surface area (Å²) in [5.74, 6) is -0.308. The summed E-state index contributed by atoms with van der Waals surface area (Å²) in [6.07, 6.45) is -4.65. The number of aromatic nitrogens is 1. The molecule has 0 saturated heterocycles. The molecule has 19 heavy (non-hydrogen) atoms. The smallest absolute Gasteiger partial charge is 0.360 e. The van der Waals surface area contributed by atoms with E-state index in [2.05, 4.69) is 9.68 Å². The molecule has 0 amide bonds. The van der Waals surface area contributed by atoms with E-state index in [0.717, 1.165) is 0 Å². The number of sulfonamides is 1. The van der Waals surface area contributed by atoms with E-state index >= 15 is 0 Å². The Kier molecular flexibility index (Phi) is 4.86. The van der Waals surface area contributed by atoms with Crippen LogP contribution in [0.4, 0.5) is 13.2 Å². The van der Waals surface area contributed by atoms with Crippen LogP contribution in [0.2, 0.25) is 0 Å². The van der Waals surface area contributed by atoms with Crippen molar-refractivity contribution < 1.29 is 26.1 Å². The molecule has 0 spiro atoms. The maximum atomic E-state index is 12.4. The highest BCUT2D eigenvalue weighted by Crippen LogP contribution is 2.26. The van der Waals surface area contributed by atoms with Gasteiger partial charge in [0.1, 0.15) is 17.1 Å². The minimum atomic E-state index is -4.65. The second kappa shape index (κ2) is 5.68. The van der Waals surface area contributed by atoms with Gasteiger partial charge in [0.15, 0.2) is 5.76 Å². The fraction of sp³-hybridized carbons (Fsp3) is 0.667. The Hall–Kier alpha value is -0.800. The van der Waals surface area contributed by atoms with Crippen LogP contribution < -0.4 is 0 Å². The average Bonchev–Trinajstić information content (AvgIpc) is 2.56. The topological polar surface area (TPSA) is 63.4 Å². The highest BCUT2D eigenvalue weighted by molar-refractivity contribution is 7.89. The molecule has 1 aromatic rings. The third kappa shape index (κ3) is 3.83. The van der Waals surface area contributed by atoms with Crippen molar-refractivity contribution in [1.29, 1.82) is 0 Å². The van der Waals surface area contributed by atoms with Crippen molar-refractivity contribution >= 4 is 21.6 Å². The van der Waals surface area contributed by atoms with Gasteiger partial charge >= 0.3 is 6.18 Å². The molecule has 1 aromatic heterocycles. The minimum Gasteiger partial charge on any atom is -0.360 e. The molecule has 0 atom stereocenters. The molecule has 0 aliphatic carbocycles. The van der Waals surface area contributed by atoms with Gasteiger partial charge < -0.3 is 4.52 Å². The van der Waals surface area contributed by atoms with Crippen LogP contribution in [0.1, 0.15) is 11.5 Å². The van der Waals surface area contributed by atoms with E-state index < -0.39 is 29.3 Å². The summed E-state index contributed by atoms with van der Waals surface area (Å²) in [6, 6.07) is 0. The van der Waals surface area contributed by atoms with Crippen molar-refractivity contribution in [3.63, 3.8) is 0 Å². The molecule has 5 nitrogen and oxygen atoms in total. The molecule has 0 saturated carbocycles. The van der Waals surface area contributed by atoms with E-state index in [9.17, 15) is 21.6 Å². The van der Waals surface area contributed by atoms with Gasteiger partial charge in [-0.1, -0.05) is 5.16 Å². The molecule has 10 heteroatoms. The fourth-order valence-corrected chi connectivity index (χ4v) is 3.57. The zero-order valence-electron chi connectivity index (χ0n) is 10.2. The van der Waals surface area contributed by atoms with E-state index in [1.165, 1.54) is 13.8 Å². The van der Waals surface area contributed by atoms with Gasteiger partial charge in [0.2, 0.25) is 10.0 Å². The van der Waals surface area contributed by atoms with E-state index in [1.54, 1.807) is 0 Å². The van der Waals surface area contributed by atoms with Crippen molar-refractivity contribution in [1.82, 2.24) is 9.46 Å². The fourth-order valence-electron chi connectivity index (χ4n) is 1.55. The normalized spacial score (nSPS) is 13.2. The molecule has 110 valence electrons. The van der Waals surface area contributed by atoms with Gasteiger partial charge in [-0.05, 0) is 13.8 Å². The van der Waals surface area contributed by atoms with Gasteiger partial charge in [0.25, 0.3) is 0 Å². The zero-order valence-corrected chi connectivity index (χ0v) is 11.7. The molecule has 0 N–H and O–H groups in total. The molecule has 0 fully saturated rings. The van der Waals surface area contributed by atoms with Crippen molar-refractivity contribution in [3.8, 4) is 0 Å². The Labute approximate surface area is 113 Å². The molecule has 0 aliphatic rings. The molecule has 0 unspecified atom stereocenters. The van der Waals surface area contributed by atoms with Gasteiger partial charge in [-0.3, -0.25) is 0 Å². The SMILES string of the molecule is Cc1noc(C)c1S(=O)(=O)N(CCCl)CC(F)(F)F. The lowest BCUT2D eigenvalue weighted by Crippen LogP contribution is -2.40. The highest BCUT2D eigenvalue weighted by atomic mass is 35.5. The predicted octanol–water partition coefficient (Wildman–Crippen LogP) is 2.08. The van der Waals surface area contributed by atoms with Crippen LogP contribution in [0.5, 0.6) is 0 Å². The van der Waals surface area contributed by atoms with Gasteiger partial charge in [-0.15, -0.1) is 11.6 Å². The van der Waals surface area contributed by atoms with E-state index in [0.29, 0.717) is 0 Å². The number of halogens is 4. The first-order valence-electron chi connectivity index (χ1n) is 5.15. The second-order valence-corrected chi connectivity index (χ2v) is 6.05. The first-order valence-corrected chi connectivity index (χ1v) is 7.13. The Morgan fingerprint density at radius 1 is 1.37 bits per heavy atom. The first kappa shape index (κ1) is 16.3. The summed E-state index contributed by atoms with van der Waals surface area (Å²) in [5, 5.41) is 3.43. The Balaban J connectivity index is 3.21. The molecule has 1 rings (SSSR count). The van der Waals surface area contributed by atoms with E-state index in [1.807, 2.05) is 0 Å². The molecular weight excluding hydrogens is 309 g/mol. The van der Waals surface area contributed by atoms with Gasteiger partial charge in [0, 0.05) is 12.4 Å². The van der Waals surface area contributed by atoms with Crippen molar-refractivity contribution in [2.24, 2.45) is 0 Å². The molecule has 0 aromatic carbocycles. The molecule has 0 aliphatic heterocycles. The Bertz CT molecular complexity index is 522. The van der Waals surface area contributed by atoms with E-state index in [-0.39, 0.29) is 26.5 Å². The summed E-state index contributed by atoms with van der Waals surface area (Å²) in [6.45, 7) is 0.606. The number of rotatable bonds is 5. The van der Waals surface area contributed by atoms with Crippen LogP contribution in [-0.4, -0.2) is 43.0 Å². The second-order valence-electron chi connectivity index (χ2n) is 3.80. The number of aryl methyl sites for hydroxylation is 2. The average molecular weight is 321 g/mol. The summed E-state index contributed by atoms with van der Waals surface area (Å²) >= 11 is 5.36. The third-order valence-electron chi connectivity index (χ3n) is 2.26. The third-order valence-corrected chi connectivity index (χ3v) is 4.51. The standard InChI is InChI=1S/C9H12ClF3N2O3S/c1-6-8(7(2)18-14-6)19(16,17)15(4-3-10)5-9(11,12)13/h3-5H2,1-2H3. The van der Waals surface area contributed by atoms with Gasteiger partial charge in [0.05, 0.1) is 0 Å². The number of alkyl halides is 4. The molecule has 0 bridgehead atoms. The van der Waals surface area contributed by atoms with Crippen molar-refractivity contribution in [3.05, 3.63) is 11.5 Å². The lowest BCUT2D eigenvalue weighted by atomic mass is 10.4. The maximum absolute atomic E-state index is 12.4. The lowest BCUT2D eigenvalue weighted by molar-refractivity contribution is -0.135. The molecule has 1 heterocycles. The zero-order chi connectivity index (χ0) is 14.8. The van der Waals surface area contributed by atoms with Crippen LogP contribution in [0.15, 0.2) is 9.42 Å². The van der Waals surface area contributed by atoms with Crippen LogP contribution in [-0.2, 0) is 10.0 Å². The monoisotopic (exact) mass is 320 g/mol. The van der Waals surface area contributed by atoms with Crippen LogP contribution >= 0.6 is 11.6 Å². The number of nitrogens with zero attached hydrogens (tertiary/aromatic N) is 2. The molecular formula is C9H12ClF3N2O3S. The van der Waals surface area contributed by atoms with Crippen LogP contribution in [0, 0.1) is 13.8 Å². The van der Waals surface area contributed by atoms with Crippen molar-refractivity contribution in [2.75, 3.05) is 19.0 Å². The van der Waals surface area contributed by atoms with E-state index in [4.69, 9.17) is 11.6 Å². The first-order chi connectivity index (χ1) is 8.59. The summed E-state index contributed by atoms with van der Waals surface area (Å²) in [4.78, 5) is -0.345. The van der Waals surface area contributed by atoms with Crippen molar-refractivity contribution in [2.45, 2.75) is 24.9 Å². The summed E-state index contributed by atoms with van der Waals surface area (Å²) in [5.41, 5.74) is 0.0132. The van der Waals surface area contributed by atoms with Crippen LogP contribution in [0.3, 0.4) is 0 Å². The largest absolute Gasteiger partial charge is 0.402 e. The quantitative estimate of drug-likeness (QED) is 0.779. The number of hydrogen-bond acceptors (Lipinski definition) is 4. The van der Waals surface area contributed by atoms with Gasteiger partial charge in [-0.25, -0.2) is 8.42 Å². The number of hydrogen-bond donors (Lipinski definition) is 0. The maximum Gasteiger partial charge on any atom is 0.402 e. The van der Waals surface area contributed by atoms with Gasteiger partial charge in [-0.2, -0.15) is 17.5 Å². The highest BCUT2D eigenvalue weighted by Gasteiger charge is 2.39. The Morgan fingerprint density at radius 2 is 1.95 bits per heavy atom. The Morgan fingerprint density at radius 3 is 2.32 bits per heavy atom. The minimum absolute atomic E-state index is 0.0132. The molecule has 0 radical (unpaired) electrons. The lowest BCUT2D eigenvalue weighted by Gasteiger charge is -2.22. The summed E-state index contributed by atoms with van der Waals surface area (Å²) < 4.78 is 66.5. The summed E-state index contributed by atoms with van der Waals surface area (Å²) in [7, 11) is -4.34. The van der Waals surface area contributed by atoms with Crippen LogP contribution in [0.25, 0.3) is 0 Å². The predicted molar refractivity (Wildman–Crippen MR) is 61.5 cm³/mol.